The Labute approximate surface area is 220 Å². The van der Waals surface area contributed by atoms with Crippen LogP contribution in [0.15, 0.2) is 54.6 Å². The van der Waals surface area contributed by atoms with E-state index in [1.807, 2.05) is 30.3 Å². The summed E-state index contributed by atoms with van der Waals surface area (Å²) in [6, 6.07) is 8.21. The van der Waals surface area contributed by atoms with Crippen molar-refractivity contribution in [3.63, 3.8) is 0 Å². The van der Waals surface area contributed by atoms with E-state index in [0.29, 0.717) is 0 Å². The summed E-state index contributed by atoms with van der Waals surface area (Å²) in [7, 11) is 0. The summed E-state index contributed by atoms with van der Waals surface area (Å²) in [6.45, 7) is 13.8. The molecule has 0 bridgehead atoms. The van der Waals surface area contributed by atoms with Gasteiger partial charge in [0.15, 0.2) is 0 Å². The van der Waals surface area contributed by atoms with Crippen molar-refractivity contribution in [3.05, 3.63) is 60.2 Å². The number of benzene rings is 1. The second-order valence-corrected chi connectivity index (χ2v) is 11.9. The van der Waals surface area contributed by atoms with Gasteiger partial charge in [-0.3, -0.25) is 4.79 Å². The normalized spacial score (nSPS) is 20.6. The lowest BCUT2D eigenvalue weighted by Gasteiger charge is -2.40. The van der Waals surface area contributed by atoms with Gasteiger partial charge in [-0.1, -0.05) is 54.6 Å². The first-order valence-electron chi connectivity index (χ1n) is 12.5. The molecule has 1 amide bonds. The molecule has 0 unspecified atom stereocenters. The van der Waals surface area contributed by atoms with E-state index in [-0.39, 0.29) is 18.9 Å². The molecule has 0 saturated heterocycles. The maximum absolute atomic E-state index is 12.9. The van der Waals surface area contributed by atoms with Gasteiger partial charge in [0.2, 0.25) is 0 Å². The average Bonchev–Trinajstić information content (AvgIpc) is 2.77. The third-order valence-corrected chi connectivity index (χ3v) is 5.81. The highest BCUT2D eigenvalue weighted by atomic mass is 16.6. The minimum atomic E-state index is -1.59. The molecule has 1 aliphatic carbocycles. The molecule has 0 saturated carbocycles. The van der Waals surface area contributed by atoms with Crippen molar-refractivity contribution in [2.45, 2.75) is 91.3 Å². The van der Waals surface area contributed by atoms with E-state index in [9.17, 15) is 19.5 Å². The molecule has 2 N–H and O–H groups in total. The average molecular weight is 516 g/mol. The van der Waals surface area contributed by atoms with E-state index >= 15 is 0 Å². The van der Waals surface area contributed by atoms with E-state index in [2.05, 4.69) is 5.32 Å². The fraction of sp³-hybridized carbons (Fsp3) is 0.552. The predicted molar refractivity (Wildman–Crippen MR) is 140 cm³/mol. The zero-order valence-corrected chi connectivity index (χ0v) is 23.2. The minimum absolute atomic E-state index is 0.0593. The van der Waals surface area contributed by atoms with Crippen molar-refractivity contribution in [1.82, 2.24) is 5.32 Å². The SMILES string of the molecule is CC(C)(C)OC(=O)[C@H](CC1C=CC(O)(C(C)(C)C(=O)OC(C)(C)C)C=C1)NC(=O)OCc1ccccc1. The van der Waals surface area contributed by atoms with Gasteiger partial charge in [0.1, 0.15) is 29.5 Å². The van der Waals surface area contributed by atoms with Crippen molar-refractivity contribution < 1.29 is 33.7 Å². The topological polar surface area (TPSA) is 111 Å². The number of carbonyl (C=O) groups excluding carboxylic acids is 3. The van der Waals surface area contributed by atoms with Crippen LogP contribution in [-0.4, -0.2) is 46.0 Å². The Morgan fingerprint density at radius 2 is 1.46 bits per heavy atom. The van der Waals surface area contributed by atoms with Crippen molar-refractivity contribution in [3.8, 4) is 0 Å². The molecule has 0 spiro atoms. The number of amides is 1. The third-order valence-electron chi connectivity index (χ3n) is 5.81. The van der Waals surface area contributed by atoms with Crippen LogP contribution in [0.4, 0.5) is 4.79 Å². The smallest absolute Gasteiger partial charge is 0.408 e. The lowest BCUT2D eigenvalue weighted by molar-refractivity contribution is -0.174. The third kappa shape index (κ3) is 9.04. The first-order valence-corrected chi connectivity index (χ1v) is 12.5. The van der Waals surface area contributed by atoms with Crippen LogP contribution in [0.2, 0.25) is 0 Å². The number of rotatable bonds is 8. The number of esters is 2. The molecule has 1 aliphatic rings. The molecule has 204 valence electrons. The number of nitrogens with one attached hydrogen (secondary N) is 1. The number of ether oxygens (including phenoxy) is 3. The van der Waals surface area contributed by atoms with Crippen LogP contribution >= 0.6 is 0 Å². The summed E-state index contributed by atoms with van der Waals surface area (Å²) >= 11 is 0. The molecule has 0 fully saturated rings. The molecule has 37 heavy (non-hydrogen) atoms. The van der Waals surface area contributed by atoms with Crippen LogP contribution in [0.5, 0.6) is 0 Å². The molecular formula is C29H41NO7. The van der Waals surface area contributed by atoms with E-state index in [0.717, 1.165) is 5.56 Å². The van der Waals surface area contributed by atoms with Gasteiger partial charge in [-0.25, -0.2) is 9.59 Å². The van der Waals surface area contributed by atoms with E-state index < -0.39 is 46.3 Å². The van der Waals surface area contributed by atoms with Gasteiger partial charge in [0.05, 0.1) is 5.41 Å². The molecule has 0 aliphatic heterocycles. The summed E-state index contributed by atoms with van der Waals surface area (Å²) in [5.74, 6) is -1.45. The number of hydrogen-bond acceptors (Lipinski definition) is 7. The van der Waals surface area contributed by atoms with Gasteiger partial charge in [0, 0.05) is 0 Å². The number of aliphatic hydroxyl groups is 1. The summed E-state index contributed by atoms with van der Waals surface area (Å²) < 4.78 is 16.3. The van der Waals surface area contributed by atoms with Gasteiger partial charge >= 0.3 is 18.0 Å². The molecule has 2 rings (SSSR count). The van der Waals surface area contributed by atoms with Crippen molar-refractivity contribution >= 4 is 18.0 Å². The summed E-state index contributed by atoms with van der Waals surface area (Å²) in [6.07, 6.45) is 5.90. The number of alkyl carbamates (subject to hydrolysis) is 1. The zero-order chi connectivity index (χ0) is 28.1. The molecular weight excluding hydrogens is 474 g/mol. The summed E-state index contributed by atoms with van der Waals surface area (Å²) in [5, 5.41) is 13.9. The Kier molecular flexibility index (Phi) is 9.36. The predicted octanol–water partition coefficient (Wildman–Crippen LogP) is 4.85. The summed E-state index contributed by atoms with van der Waals surface area (Å²) in [4.78, 5) is 38.2. The fourth-order valence-electron chi connectivity index (χ4n) is 3.57. The Bertz CT molecular complexity index is 999. The standard InChI is InChI=1S/C29H41NO7/c1-26(2,3)36-23(31)22(30-25(33)35-19-21-12-10-9-11-13-21)18-20-14-16-29(34,17-15-20)28(7,8)24(32)37-27(4,5)6/h9-17,20,22,34H,18-19H2,1-8H3,(H,30,33)/t20?,22-,29?/m0/s1. The Balaban J connectivity index is 2.12. The lowest BCUT2D eigenvalue weighted by atomic mass is 9.71. The number of hydrogen-bond donors (Lipinski definition) is 2. The highest BCUT2D eigenvalue weighted by Crippen LogP contribution is 2.39. The molecule has 8 nitrogen and oxygen atoms in total. The molecule has 0 aromatic heterocycles. The second kappa shape index (κ2) is 11.5. The Morgan fingerprint density at radius 3 is 1.97 bits per heavy atom. The fourth-order valence-corrected chi connectivity index (χ4v) is 3.57. The van der Waals surface area contributed by atoms with Gasteiger partial charge in [-0.05, 0) is 73.3 Å². The molecule has 8 heteroatoms. The second-order valence-electron chi connectivity index (χ2n) is 11.9. The maximum atomic E-state index is 12.9. The maximum Gasteiger partial charge on any atom is 0.408 e. The lowest BCUT2D eigenvalue weighted by Crippen LogP contribution is -2.50. The first-order chi connectivity index (χ1) is 16.9. The number of carbonyl (C=O) groups is 3. The van der Waals surface area contributed by atoms with Gasteiger partial charge in [-0.15, -0.1) is 0 Å². The monoisotopic (exact) mass is 515 g/mol. The van der Waals surface area contributed by atoms with E-state index in [1.54, 1.807) is 67.5 Å². The van der Waals surface area contributed by atoms with Crippen molar-refractivity contribution in [2.75, 3.05) is 0 Å². The molecule has 0 heterocycles. The number of allylic oxidation sites excluding steroid dienone is 2. The van der Waals surface area contributed by atoms with Gasteiger partial charge in [0.25, 0.3) is 0 Å². The van der Waals surface area contributed by atoms with Crippen LogP contribution in [0.25, 0.3) is 0 Å². The van der Waals surface area contributed by atoms with E-state index in [1.165, 1.54) is 12.2 Å². The first kappa shape index (κ1) is 30.1. The highest BCUT2D eigenvalue weighted by Gasteiger charge is 2.49. The molecule has 0 radical (unpaired) electrons. The van der Waals surface area contributed by atoms with Crippen LogP contribution in [0.1, 0.15) is 67.4 Å². The van der Waals surface area contributed by atoms with Gasteiger partial charge < -0.3 is 24.6 Å². The Morgan fingerprint density at radius 1 is 0.919 bits per heavy atom. The quantitative estimate of drug-likeness (QED) is 0.289. The van der Waals surface area contributed by atoms with Crippen LogP contribution in [0, 0.1) is 11.3 Å². The van der Waals surface area contributed by atoms with E-state index in [4.69, 9.17) is 14.2 Å². The van der Waals surface area contributed by atoms with Crippen molar-refractivity contribution in [2.24, 2.45) is 11.3 Å². The largest absolute Gasteiger partial charge is 0.459 e. The Hall–Kier alpha value is -3.13. The van der Waals surface area contributed by atoms with Crippen LogP contribution in [-0.2, 0) is 30.4 Å². The molecule has 1 aromatic rings. The van der Waals surface area contributed by atoms with Crippen LogP contribution < -0.4 is 5.32 Å². The van der Waals surface area contributed by atoms with Crippen LogP contribution in [0.3, 0.4) is 0 Å². The minimum Gasteiger partial charge on any atom is -0.459 e. The molecule has 1 aromatic carbocycles. The zero-order valence-electron chi connectivity index (χ0n) is 23.2. The summed E-state index contributed by atoms with van der Waals surface area (Å²) in [5.41, 5.74) is -3.48. The highest BCUT2D eigenvalue weighted by molar-refractivity contribution is 5.82. The van der Waals surface area contributed by atoms with Crippen molar-refractivity contribution in [1.29, 1.82) is 0 Å². The van der Waals surface area contributed by atoms with Gasteiger partial charge in [-0.2, -0.15) is 0 Å². The molecule has 1 atom stereocenters.